The Kier molecular flexibility index (Phi) is 3.28. The number of hydrogen-bond acceptors (Lipinski definition) is 5. The Morgan fingerprint density at radius 2 is 2.53 bits per heavy atom. The number of rotatable bonds is 2. The molecule has 0 aliphatic carbocycles. The van der Waals surface area contributed by atoms with Gasteiger partial charge in [0.25, 0.3) is 5.91 Å². The summed E-state index contributed by atoms with van der Waals surface area (Å²) < 4.78 is 16.2. The van der Waals surface area contributed by atoms with Crippen molar-refractivity contribution in [1.29, 1.82) is 0 Å². The van der Waals surface area contributed by atoms with Crippen LogP contribution >= 0.6 is 0 Å². The zero-order chi connectivity index (χ0) is 13.3. The van der Waals surface area contributed by atoms with E-state index >= 15 is 0 Å². The molecule has 19 heavy (non-hydrogen) atoms. The van der Waals surface area contributed by atoms with Crippen molar-refractivity contribution in [2.75, 3.05) is 26.8 Å². The number of carbonyl (C=O) groups excluding carboxylic acids is 1. The lowest BCUT2D eigenvalue weighted by Crippen LogP contribution is -2.58. The Morgan fingerprint density at radius 1 is 1.63 bits per heavy atom. The molecular weight excluding hydrogens is 248 g/mol. The molecule has 104 valence electrons. The summed E-state index contributed by atoms with van der Waals surface area (Å²) in [6.07, 6.45) is 4.23. The summed E-state index contributed by atoms with van der Waals surface area (Å²) in [7, 11) is 1.71. The molecule has 1 spiro atoms. The molecular formula is C13H18N2O4. The zero-order valence-electron chi connectivity index (χ0n) is 11.0. The molecule has 2 aliphatic rings. The predicted molar refractivity (Wildman–Crippen MR) is 65.7 cm³/mol. The van der Waals surface area contributed by atoms with Crippen molar-refractivity contribution >= 4 is 5.91 Å². The fraction of sp³-hybridized carbons (Fsp3) is 0.692. The largest absolute Gasteiger partial charge is 0.378 e. The van der Waals surface area contributed by atoms with Crippen LogP contribution in [0.3, 0.4) is 0 Å². The number of piperidine rings is 1. The fourth-order valence-corrected chi connectivity index (χ4v) is 3.13. The molecule has 1 amide bonds. The molecule has 0 radical (unpaired) electrons. The van der Waals surface area contributed by atoms with E-state index in [4.69, 9.17) is 14.0 Å². The fourth-order valence-electron chi connectivity index (χ4n) is 3.13. The second kappa shape index (κ2) is 4.94. The molecule has 3 rings (SSSR count). The molecule has 0 unspecified atom stereocenters. The van der Waals surface area contributed by atoms with Gasteiger partial charge in [0, 0.05) is 26.3 Å². The van der Waals surface area contributed by atoms with Gasteiger partial charge < -0.3 is 18.9 Å². The SMILES string of the molecule is CO[C@H]1CCN(C(=O)c2ccon2)C[C@@]12CCCO2. The molecule has 6 heteroatoms. The van der Waals surface area contributed by atoms with Crippen LogP contribution in [-0.4, -0.2) is 54.5 Å². The van der Waals surface area contributed by atoms with Crippen LogP contribution in [0.25, 0.3) is 0 Å². The van der Waals surface area contributed by atoms with Gasteiger partial charge >= 0.3 is 0 Å². The average molecular weight is 266 g/mol. The lowest BCUT2D eigenvalue weighted by Gasteiger charge is -2.44. The van der Waals surface area contributed by atoms with E-state index in [2.05, 4.69) is 5.16 Å². The third-order valence-corrected chi connectivity index (χ3v) is 4.07. The van der Waals surface area contributed by atoms with Gasteiger partial charge in [0.15, 0.2) is 5.69 Å². The molecule has 6 nitrogen and oxygen atoms in total. The highest BCUT2D eigenvalue weighted by molar-refractivity contribution is 5.92. The number of carbonyl (C=O) groups is 1. The first kappa shape index (κ1) is 12.6. The van der Waals surface area contributed by atoms with Gasteiger partial charge in [0.1, 0.15) is 11.9 Å². The van der Waals surface area contributed by atoms with Crippen LogP contribution in [0.2, 0.25) is 0 Å². The maximum absolute atomic E-state index is 12.3. The first-order valence-corrected chi connectivity index (χ1v) is 6.61. The molecule has 2 saturated heterocycles. The van der Waals surface area contributed by atoms with E-state index in [1.807, 2.05) is 0 Å². The Morgan fingerprint density at radius 3 is 3.16 bits per heavy atom. The first-order valence-electron chi connectivity index (χ1n) is 6.61. The van der Waals surface area contributed by atoms with Crippen molar-refractivity contribution < 1.29 is 18.8 Å². The van der Waals surface area contributed by atoms with Crippen molar-refractivity contribution in [1.82, 2.24) is 10.1 Å². The number of methoxy groups -OCH3 is 1. The van der Waals surface area contributed by atoms with Crippen LogP contribution in [0, 0.1) is 0 Å². The minimum Gasteiger partial charge on any atom is -0.378 e. The van der Waals surface area contributed by atoms with Gasteiger partial charge in [0.2, 0.25) is 0 Å². The summed E-state index contributed by atoms with van der Waals surface area (Å²) in [6.45, 7) is 1.97. The van der Waals surface area contributed by atoms with Gasteiger partial charge in [-0.15, -0.1) is 0 Å². The van der Waals surface area contributed by atoms with Crippen molar-refractivity contribution in [2.24, 2.45) is 0 Å². The quantitative estimate of drug-likeness (QED) is 0.801. The molecule has 0 N–H and O–H groups in total. The summed E-state index contributed by atoms with van der Waals surface area (Å²) in [4.78, 5) is 14.1. The Hall–Kier alpha value is -1.40. The maximum Gasteiger partial charge on any atom is 0.276 e. The number of hydrogen-bond donors (Lipinski definition) is 0. The van der Waals surface area contributed by atoms with E-state index in [-0.39, 0.29) is 17.6 Å². The van der Waals surface area contributed by atoms with Crippen LogP contribution in [0.5, 0.6) is 0 Å². The van der Waals surface area contributed by atoms with Crippen molar-refractivity contribution in [3.63, 3.8) is 0 Å². The molecule has 1 aromatic rings. The molecule has 1 aromatic heterocycles. The zero-order valence-corrected chi connectivity index (χ0v) is 11.0. The van der Waals surface area contributed by atoms with Crippen LogP contribution in [-0.2, 0) is 9.47 Å². The van der Waals surface area contributed by atoms with E-state index in [0.717, 1.165) is 25.9 Å². The molecule has 0 bridgehead atoms. The van der Waals surface area contributed by atoms with E-state index < -0.39 is 0 Å². The van der Waals surface area contributed by atoms with Crippen LogP contribution in [0.1, 0.15) is 29.8 Å². The van der Waals surface area contributed by atoms with E-state index in [0.29, 0.717) is 18.8 Å². The molecule has 3 heterocycles. The van der Waals surface area contributed by atoms with Crippen molar-refractivity contribution in [3.8, 4) is 0 Å². The minimum atomic E-state index is -0.341. The van der Waals surface area contributed by atoms with Gasteiger partial charge in [0.05, 0.1) is 12.6 Å². The topological polar surface area (TPSA) is 64.8 Å². The highest BCUT2D eigenvalue weighted by Crippen LogP contribution is 2.36. The first-order chi connectivity index (χ1) is 9.25. The van der Waals surface area contributed by atoms with Crippen molar-refractivity contribution in [3.05, 3.63) is 18.0 Å². The summed E-state index contributed by atoms with van der Waals surface area (Å²) in [6, 6.07) is 1.59. The van der Waals surface area contributed by atoms with E-state index in [9.17, 15) is 4.79 Å². The molecule has 2 aliphatic heterocycles. The summed E-state index contributed by atoms with van der Waals surface area (Å²) >= 11 is 0. The highest BCUT2D eigenvalue weighted by Gasteiger charge is 2.48. The lowest BCUT2D eigenvalue weighted by molar-refractivity contribution is -0.137. The van der Waals surface area contributed by atoms with Crippen LogP contribution in [0.15, 0.2) is 16.9 Å². The predicted octanol–water partition coefficient (Wildman–Crippen LogP) is 1.08. The Labute approximate surface area is 111 Å². The molecule has 0 saturated carbocycles. The second-order valence-electron chi connectivity index (χ2n) is 5.14. The number of aromatic nitrogens is 1. The monoisotopic (exact) mass is 266 g/mol. The third-order valence-electron chi connectivity index (χ3n) is 4.07. The minimum absolute atomic E-state index is 0.0661. The number of likely N-dealkylation sites (tertiary alicyclic amines) is 1. The average Bonchev–Trinajstić information content (AvgIpc) is 3.10. The van der Waals surface area contributed by atoms with Crippen LogP contribution in [0.4, 0.5) is 0 Å². The van der Waals surface area contributed by atoms with Gasteiger partial charge in [-0.25, -0.2) is 0 Å². The highest BCUT2D eigenvalue weighted by atomic mass is 16.6. The summed E-state index contributed by atoms with van der Waals surface area (Å²) in [5.74, 6) is -0.0989. The van der Waals surface area contributed by atoms with E-state index in [1.54, 1.807) is 18.1 Å². The normalized spacial score (nSPS) is 31.0. The number of nitrogens with zero attached hydrogens (tertiary/aromatic N) is 2. The Balaban J connectivity index is 1.77. The summed E-state index contributed by atoms with van der Waals surface area (Å²) in [5.41, 5.74) is 0.0101. The van der Waals surface area contributed by atoms with Crippen molar-refractivity contribution in [2.45, 2.75) is 31.0 Å². The lowest BCUT2D eigenvalue weighted by atomic mass is 9.86. The number of ether oxygens (including phenoxy) is 2. The number of amides is 1. The maximum atomic E-state index is 12.3. The van der Waals surface area contributed by atoms with Gasteiger partial charge in [-0.05, 0) is 19.3 Å². The smallest absolute Gasteiger partial charge is 0.276 e. The van der Waals surface area contributed by atoms with Crippen LogP contribution < -0.4 is 0 Å². The van der Waals surface area contributed by atoms with Gasteiger partial charge in [-0.3, -0.25) is 4.79 Å². The van der Waals surface area contributed by atoms with Gasteiger partial charge in [-0.1, -0.05) is 5.16 Å². The summed E-state index contributed by atoms with van der Waals surface area (Å²) in [5, 5.41) is 3.71. The van der Waals surface area contributed by atoms with Gasteiger partial charge in [-0.2, -0.15) is 0 Å². The Bertz CT molecular complexity index is 440. The standard InChI is InChI=1S/C13H18N2O4/c1-17-11-3-6-15(9-13(11)5-2-7-18-13)12(16)10-4-8-19-14-10/h4,8,11H,2-3,5-7,9H2,1H3/t11-,13-/m0/s1. The molecule has 2 fully saturated rings. The second-order valence-corrected chi connectivity index (χ2v) is 5.14. The molecule has 2 atom stereocenters. The van der Waals surface area contributed by atoms with E-state index in [1.165, 1.54) is 6.26 Å². The molecule has 0 aromatic carbocycles. The third kappa shape index (κ3) is 2.15.